The average molecular weight is 478 g/mol. The van der Waals surface area contributed by atoms with Gasteiger partial charge in [-0.15, -0.1) is 0 Å². The molecule has 0 radical (unpaired) electrons. The first kappa shape index (κ1) is 22.4. The standard InChI is InChI=1S/C26H22O9/c1-31-19-7-4-13(9-18(19)29)16-12-33-25-15(23(16)30)5-8-20-26(25)35-22(11-27)24(34-20)14-3-6-17(28)21(10-14)32-2/h3-10,12,22,24,27-29H,11H2,1-2H3/t22-,24+/m1/s1. The first-order chi connectivity index (χ1) is 16.9. The fraction of sp³-hybridized carbons (Fsp3) is 0.192. The van der Waals surface area contributed by atoms with E-state index in [1.165, 1.54) is 32.6 Å². The quantitative estimate of drug-likeness (QED) is 0.393. The van der Waals surface area contributed by atoms with Gasteiger partial charge in [0.2, 0.25) is 11.2 Å². The summed E-state index contributed by atoms with van der Waals surface area (Å²) in [5.41, 5.74) is 1.19. The molecule has 9 heteroatoms. The van der Waals surface area contributed by atoms with Crippen molar-refractivity contribution in [1.29, 1.82) is 0 Å². The van der Waals surface area contributed by atoms with Gasteiger partial charge in [-0.3, -0.25) is 4.79 Å². The van der Waals surface area contributed by atoms with Crippen LogP contribution in [0.3, 0.4) is 0 Å². The molecule has 5 rings (SSSR count). The molecule has 0 unspecified atom stereocenters. The van der Waals surface area contributed by atoms with Crippen molar-refractivity contribution in [1.82, 2.24) is 0 Å². The number of hydrogen-bond acceptors (Lipinski definition) is 9. The topological polar surface area (TPSA) is 128 Å². The van der Waals surface area contributed by atoms with Crippen LogP contribution in [0.15, 0.2) is 64.0 Å². The number of hydrogen-bond donors (Lipinski definition) is 3. The Morgan fingerprint density at radius 3 is 2.43 bits per heavy atom. The van der Waals surface area contributed by atoms with Crippen molar-refractivity contribution < 1.29 is 38.7 Å². The second kappa shape index (κ2) is 8.77. The number of fused-ring (bicyclic) bond motifs is 3. The van der Waals surface area contributed by atoms with Gasteiger partial charge in [0, 0.05) is 5.56 Å². The molecular formula is C26H22O9. The fourth-order valence-corrected chi connectivity index (χ4v) is 4.13. The molecule has 1 aromatic heterocycles. The number of aromatic hydroxyl groups is 2. The lowest BCUT2D eigenvalue weighted by Gasteiger charge is -2.33. The predicted molar refractivity (Wildman–Crippen MR) is 126 cm³/mol. The number of ether oxygens (including phenoxy) is 4. The molecule has 9 nitrogen and oxygen atoms in total. The van der Waals surface area contributed by atoms with Crippen LogP contribution in [-0.4, -0.2) is 42.3 Å². The van der Waals surface area contributed by atoms with E-state index in [2.05, 4.69) is 0 Å². The predicted octanol–water partition coefficient (Wildman–Crippen LogP) is 3.76. The molecule has 3 N–H and O–H groups in total. The molecule has 2 atom stereocenters. The Morgan fingerprint density at radius 1 is 0.914 bits per heavy atom. The Bertz CT molecular complexity index is 1470. The minimum absolute atomic E-state index is 0.0253. The Labute approximate surface area is 199 Å². The molecule has 4 aromatic rings. The molecule has 0 amide bonds. The van der Waals surface area contributed by atoms with Gasteiger partial charge >= 0.3 is 0 Å². The smallest absolute Gasteiger partial charge is 0.205 e. The third-order valence-electron chi connectivity index (χ3n) is 5.92. The van der Waals surface area contributed by atoms with E-state index < -0.39 is 12.2 Å². The zero-order valence-electron chi connectivity index (χ0n) is 18.8. The summed E-state index contributed by atoms with van der Waals surface area (Å²) in [6.45, 7) is -0.378. The fourth-order valence-electron chi connectivity index (χ4n) is 4.13. The maximum atomic E-state index is 13.3. The van der Waals surface area contributed by atoms with Gasteiger partial charge in [0.15, 0.2) is 46.5 Å². The molecule has 0 fully saturated rings. The molecule has 0 saturated heterocycles. The lowest BCUT2D eigenvalue weighted by Crippen LogP contribution is -2.36. The van der Waals surface area contributed by atoms with Crippen LogP contribution in [0.1, 0.15) is 11.7 Å². The summed E-state index contributed by atoms with van der Waals surface area (Å²) in [4.78, 5) is 13.3. The van der Waals surface area contributed by atoms with E-state index in [4.69, 9.17) is 23.4 Å². The number of phenols is 2. The second-order valence-electron chi connectivity index (χ2n) is 7.94. The highest BCUT2D eigenvalue weighted by molar-refractivity contribution is 5.88. The van der Waals surface area contributed by atoms with Crippen LogP contribution in [0.2, 0.25) is 0 Å². The van der Waals surface area contributed by atoms with Crippen LogP contribution in [0, 0.1) is 0 Å². The highest BCUT2D eigenvalue weighted by Crippen LogP contribution is 2.45. The van der Waals surface area contributed by atoms with Gasteiger partial charge in [-0.1, -0.05) is 12.1 Å². The van der Waals surface area contributed by atoms with Crippen molar-refractivity contribution in [3.8, 4) is 45.6 Å². The summed E-state index contributed by atoms with van der Waals surface area (Å²) in [5, 5.41) is 30.3. The summed E-state index contributed by atoms with van der Waals surface area (Å²) in [5.74, 6) is 0.948. The summed E-state index contributed by atoms with van der Waals surface area (Å²) in [6, 6.07) is 12.5. The second-order valence-corrected chi connectivity index (χ2v) is 7.94. The SMILES string of the molecule is COc1ccc(-c2coc3c4c(ccc3c2=O)O[C@@H](c2ccc(O)c(OC)c2)[C@@H](CO)O4)cc1O. The van der Waals surface area contributed by atoms with Crippen LogP contribution in [0.5, 0.6) is 34.5 Å². The molecule has 3 aromatic carbocycles. The largest absolute Gasteiger partial charge is 0.504 e. The number of aliphatic hydroxyl groups is 1. The molecule has 0 spiro atoms. The van der Waals surface area contributed by atoms with Gasteiger partial charge < -0.3 is 38.7 Å². The van der Waals surface area contributed by atoms with Crippen molar-refractivity contribution in [2.45, 2.75) is 12.2 Å². The lowest BCUT2D eigenvalue weighted by molar-refractivity contribution is -0.0118. The molecule has 0 aliphatic carbocycles. The first-order valence-corrected chi connectivity index (χ1v) is 10.7. The van der Waals surface area contributed by atoms with Crippen molar-refractivity contribution in [3.05, 3.63) is 70.6 Å². The van der Waals surface area contributed by atoms with E-state index in [1.54, 1.807) is 36.4 Å². The van der Waals surface area contributed by atoms with Gasteiger partial charge in [0.05, 0.1) is 31.8 Å². The third kappa shape index (κ3) is 3.75. The van der Waals surface area contributed by atoms with E-state index in [1.807, 2.05) is 0 Å². The zero-order chi connectivity index (χ0) is 24.7. The average Bonchev–Trinajstić information content (AvgIpc) is 2.88. The Morgan fingerprint density at radius 2 is 1.71 bits per heavy atom. The van der Waals surface area contributed by atoms with Crippen LogP contribution < -0.4 is 24.4 Å². The van der Waals surface area contributed by atoms with Gasteiger partial charge in [-0.2, -0.15) is 0 Å². The van der Waals surface area contributed by atoms with Crippen molar-refractivity contribution in [2.24, 2.45) is 0 Å². The van der Waals surface area contributed by atoms with Crippen LogP contribution in [0.25, 0.3) is 22.1 Å². The first-order valence-electron chi connectivity index (χ1n) is 10.7. The molecule has 35 heavy (non-hydrogen) atoms. The molecule has 0 bridgehead atoms. The summed E-state index contributed by atoms with van der Waals surface area (Å²) in [7, 11) is 2.87. The summed E-state index contributed by atoms with van der Waals surface area (Å²) < 4.78 is 28.2. The Balaban J connectivity index is 1.57. The maximum Gasteiger partial charge on any atom is 0.205 e. The van der Waals surface area contributed by atoms with Crippen molar-refractivity contribution in [2.75, 3.05) is 20.8 Å². The number of phenolic OH excluding ortho intramolecular Hbond substituents is 2. The zero-order valence-corrected chi connectivity index (χ0v) is 18.8. The number of rotatable bonds is 5. The molecule has 1 aliphatic heterocycles. The molecule has 180 valence electrons. The van der Waals surface area contributed by atoms with E-state index in [9.17, 15) is 20.1 Å². The minimum atomic E-state index is -0.814. The summed E-state index contributed by atoms with van der Waals surface area (Å²) in [6.07, 6.45) is -0.223. The third-order valence-corrected chi connectivity index (χ3v) is 5.92. The lowest BCUT2D eigenvalue weighted by atomic mass is 10.0. The molecule has 2 heterocycles. The van der Waals surface area contributed by atoms with Gasteiger partial charge in [0.1, 0.15) is 6.26 Å². The summed E-state index contributed by atoms with van der Waals surface area (Å²) >= 11 is 0. The highest BCUT2D eigenvalue weighted by atomic mass is 16.6. The molecular weight excluding hydrogens is 456 g/mol. The van der Waals surface area contributed by atoms with Gasteiger partial charge in [-0.05, 0) is 42.0 Å². The van der Waals surface area contributed by atoms with E-state index in [0.29, 0.717) is 16.9 Å². The van der Waals surface area contributed by atoms with Crippen LogP contribution in [0.4, 0.5) is 0 Å². The molecule has 0 saturated carbocycles. The van der Waals surface area contributed by atoms with E-state index >= 15 is 0 Å². The van der Waals surface area contributed by atoms with Gasteiger partial charge in [-0.25, -0.2) is 0 Å². The van der Waals surface area contributed by atoms with Gasteiger partial charge in [0.25, 0.3) is 0 Å². The minimum Gasteiger partial charge on any atom is -0.504 e. The van der Waals surface area contributed by atoms with Crippen LogP contribution >= 0.6 is 0 Å². The van der Waals surface area contributed by atoms with E-state index in [-0.39, 0.29) is 57.3 Å². The number of methoxy groups -OCH3 is 2. The van der Waals surface area contributed by atoms with Crippen molar-refractivity contribution >= 4 is 11.0 Å². The number of aliphatic hydroxyl groups excluding tert-OH is 1. The monoisotopic (exact) mass is 478 g/mol. The van der Waals surface area contributed by atoms with Crippen molar-refractivity contribution in [3.63, 3.8) is 0 Å². The normalized spacial score (nSPS) is 16.8. The van der Waals surface area contributed by atoms with Crippen LogP contribution in [-0.2, 0) is 0 Å². The Hall–Kier alpha value is -4.37. The Kier molecular flexibility index (Phi) is 5.62. The highest BCUT2D eigenvalue weighted by Gasteiger charge is 2.35. The van der Waals surface area contributed by atoms with E-state index in [0.717, 1.165) is 0 Å². The number of benzene rings is 3. The maximum absolute atomic E-state index is 13.3. The molecule has 1 aliphatic rings.